The zero-order chi connectivity index (χ0) is 21.6. The number of amides is 1. The molecular formula is C22H26N6O3. The first-order chi connectivity index (χ1) is 14.9. The molecule has 1 fully saturated rings. The van der Waals surface area contributed by atoms with Gasteiger partial charge in [0.25, 0.3) is 5.91 Å². The van der Waals surface area contributed by atoms with Crippen molar-refractivity contribution in [2.75, 3.05) is 43.5 Å². The quantitative estimate of drug-likeness (QED) is 0.665. The number of methoxy groups -OCH3 is 1. The molecule has 1 saturated heterocycles. The van der Waals surface area contributed by atoms with Gasteiger partial charge in [-0.25, -0.2) is 9.50 Å². The van der Waals surface area contributed by atoms with Crippen molar-refractivity contribution in [2.45, 2.75) is 25.9 Å². The van der Waals surface area contributed by atoms with E-state index in [4.69, 9.17) is 14.5 Å². The molecule has 2 aliphatic rings. The van der Waals surface area contributed by atoms with Crippen molar-refractivity contribution in [3.05, 3.63) is 41.7 Å². The lowest BCUT2D eigenvalue weighted by Gasteiger charge is -2.28. The van der Waals surface area contributed by atoms with Crippen LogP contribution in [0.4, 0.5) is 11.5 Å². The minimum atomic E-state index is -0.281. The third-order valence-electron chi connectivity index (χ3n) is 5.67. The van der Waals surface area contributed by atoms with Gasteiger partial charge in [-0.15, -0.1) is 0 Å². The molecular weight excluding hydrogens is 396 g/mol. The molecule has 3 aromatic rings. The molecule has 9 heteroatoms. The van der Waals surface area contributed by atoms with E-state index in [1.54, 1.807) is 17.8 Å². The van der Waals surface area contributed by atoms with Gasteiger partial charge in [0, 0.05) is 50.4 Å². The van der Waals surface area contributed by atoms with Gasteiger partial charge in [-0.05, 0) is 26.0 Å². The van der Waals surface area contributed by atoms with Gasteiger partial charge in [-0.3, -0.25) is 4.79 Å². The smallest absolute Gasteiger partial charge is 0.261 e. The summed E-state index contributed by atoms with van der Waals surface area (Å²) >= 11 is 0. The Kier molecular flexibility index (Phi) is 4.70. The maximum atomic E-state index is 13.2. The molecule has 0 atom stereocenters. The number of carbonyl (C=O) groups is 1. The first-order valence-corrected chi connectivity index (χ1v) is 10.4. The second-order valence-electron chi connectivity index (χ2n) is 8.50. The van der Waals surface area contributed by atoms with Crippen molar-refractivity contribution in [3.8, 4) is 11.5 Å². The summed E-state index contributed by atoms with van der Waals surface area (Å²) in [6, 6.07) is 5.68. The fourth-order valence-corrected chi connectivity index (χ4v) is 4.18. The van der Waals surface area contributed by atoms with Gasteiger partial charge in [0.05, 0.1) is 19.0 Å². The van der Waals surface area contributed by atoms with E-state index in [0.717, 1.165) is 49.7 Å². The van der Waals surface area contributed by atoms with E-state index in [1.807, 2.05) is 38.2 Å². The number of nitrogens with zero attached hydrogens (tertiary/aromatic N) is 4. The van der Waals surface area contributed by atoms with Crippen LogP contribution < -0.4 is 25.0 Å². The minimum absolute atomic E-state index is 0.275. The lowest BCUT2D eigenvalue weighted by Crippen LogP contribution is -2.43. The maximum Gasteiger partial charge on any atom is 0.261 e. The molecule has 0 bridgehead atoms. The number of carbonyl (C=O) groups excluding carboxylic acids is 1. The van der Waals surface area contributed by atoms with Crippen LogP contribution in [0.5, 0.6) is 11.5 Å². The summed E-state index contributed by atoms with van der Waals surface area (Å²) in [7, 11) is 1.58. The molecule has 2 N–H and O–H groups in total. The van der Waals surface area contributed by atoms with Gasteiger partial charge in [0.1, 0.15) is 28.5 Å². The molecule has 1 aromatic carbocycles. The van der Waals surface area contributed by atoms with Gasteiger partial charge < -0.3 is 25.0 Å². The summed E-state index contributed by atoms with van der Waals surface area (Å²) in [4.78, 5) is 20.1. The Hall–Kier alpha value is -3.33. The Bertz CT molecular complexity index is 1150. The summed E-state index contributed by atoms with van der Waals surface area (Å²) in [6.07, 6.45) is 4.15. The predicted molar refractivity (Wildman–Crippen MR) is 117 cm³/mol. The molecule has 0 unspecified atom stereocenters. The first-order valence-electron chi connectivity index (χ1n) is 10.4. The van der Waals surface area contributed by atoms with Crippen molar-refractivity contribution in [2.24, 2.45) is 0 Å². The largest absolute Gasteiger partial charge is 0.494 e. The minimum Gasteiger partial charge on any atom is -0.494 e. The van der Waals surface area contributed by atoms with Crippen molar-refractivity contribution in [1.29, 1.82) is 0 Å². The molecule has 2 aliphatic heterocycles. The van der Waals surface area contributed by atoms with Crippen LogP contribution in [0.15, 0.2) is 30.6 Å². The number of ether oxygens (including phenoxy) is 2. The predicted octanol–water partition coefficient (Wildman–Crippen LogP) is 2.11. The molecule has 162 valence electrons. The Morgan fingerprint density at radius 1 is 1.29 bits per heavy atom. The van der Waals surface area contributed by atoms with Gasteiger partial charge >= 0.3 is 0 Å². The second kappa shape index (κ2) is 7.42. The standard InChI is InChI=1S/C22H26N6O3/c1-22(2)12-14-10-16(18(30-3)11-17(14)31-22)25-21(29)15-13-24-28-7-4-19(26-20(15)28)27-8-5-23-6-9-27/h4,7,10-11,13,23H,5-6,8-9,12H2,1-3H3,(H,25,29). The van der Waals surface area contributed by atoms with E-state index in [0.29, 0.717) is 22.6 Å². The monoisotopic (exact) mass is 422 g/mol. The highest BCUT2D eigenvalue weighted by molar-refractivity contribution is 6.09. The van der Waals surface area contributed by atoms with Crippen LogP contribution in [-0.2, 0) is 6.42 Å². The Labute approximate surface area is 180 Å². The van der Waals surface area contributed by atoms with E-state index in [1.165, 1.54) is 0 Å². The average molecular weight is 422 g/mol. The van der Waals surface area contributed by atoms with Crippen molar-refractivity contribution < 1.29 is 14.3 Å². The summed E-state index contributed by atoms with van der Waals surface area (Å²) in [5.41, 5.74) is 2.31. The highest BCUT2D eigenvalue weighted by Gasteiger charge is 2.31. The van der Waals surface area contributed by atoms with Gasteiger partial charge in [0.2, 0.25) is 0 Å². The van der Waals surface area contributed by atoms with Crippen LogP contribution in [0, 0.1) is 0 Å². The molecule has 0 saturated carbocycles. The van der Waals surface area contributed by atoms with E-state index < -0.39 is 0 Å². The van der Waals surface area contributed by atoms with Crippen LogP contribution in [-0.4, -0.2) is 59.4 Å². The number of benzene rings is 1. The van der Waals surface area contributed by atoms with E-state index >= 15 is 0 Å². The van der Waals surface area contributed by atoms with E-state index in [2.05, 4.69) is 20.6 Å². The van der Waals surface area contributed by atoms with Crippen LogP contribution in [0.1, 0.15) is 29.8 Å². The van der Waals surface area contributed by atoms with Gasteiger partial charge in [-0.1, -0.05) is 0 Å². The SMILES string of the molecule is COc1cc2c(cc1NC(=O)c1cnn3ccc(N4CCNCC4)nc13)CC(C)(C)O2. The van der Waals surface area contributed by atoms with Crippen molar-refractivity contribution in [1.82, 2.24) is 19.9 Å². The number of nitrogens with one attached hydrogen (secondary N) is 2. The zero-order valence-electron chi connectivity index (χ0n) is 17.9. The highest BCUT2D eigenvalue weighted by Crippen LogP contribution is 2.41. The number of hydrogen-bond donors (Lipinski definition) is 2. The zero-order valence-corrected chi connectivity index (χ0v) is 17.9. The number of piperazine rings is 1. The van der Waals surface area contributed by atoms with Crippen molar-refractivity contribution >= 4 is 23.1 Å². The number of aromatic nitrogens is 3. The number of anilines is 2. The van der Waals surface area contributed by atoms with Crippen LogP contribution in [0.3, 0.4) is 0 Å². The molecule has 5 rings (SSSR count). The van der Waals surface area contributed by atoms with Crippen molar-refractivity contribution in [3.63, 3.8) is 0 Å². The number of rotatable bonds is 4. The lowest BCUT2D eigenvalue weighted by molar-refractivity contribution is 0.102. The molecule has 31 heavy (non-hydrogen) atoms. The molecule has 4 heterocycles. The molecule has 0 spiro atoms. The fraction of sp³-hybridized carbons (Fsp3) is 0.409. The summed E-state index contributed by atoms with van der Waals surface area (Å²) in [6.45, 7) is 7.67. The highest BCUT2D eigenvalue weighted by atomic mass is 16.5. The Morgan fingerprint density at radius 2 is 2.10 bits per heavy atom. The molecule has 2 aromatic heterocycles. The third-order valence-corrected chi connectivity index (χ3v) is 5.67. The topological polar surface area (TPSA) is 93.0 Å². The maximum absolute atomic E-state index is 13.2. The first kappa shape index (κ1) is 19.6. The van der Waals surface area contributed by atoms with Gasteiger partial charge in [-0.2, -0.15) is 5.10 Å². The molecule has 9 nitrogen and oxygen atoms in total. The molecule has 1 amide bonds. The average Bonchev–Trinajstić information content (AvgIpc) is 3.32. The summed E-state index contributed by atoms with van der Waals surface area (Å²) < 4.78 is 13.1. The van der Waals surface area contributed by atoms with Crippen LogP contribution >= 0.6 is 0 Å². The van der Waals surface area contributed by atoms with Crippen LogP contribution in [0.25, 0.3) is 5.65 Å². The Morgan fingerprint density at radius 3 is 2.87 bits per heavy atom. The van der Waals surface area contributed by atoms with Crippen LogP contribution in [0.2, 0.25) is 0 Å². The normalized spacial score (nSPS) is 17.3. The van der Waals surface area contributed by atoms with E-state index in [-0.39, 0.29) is 11.5 Å². The summed E-state index contributed by atoms with van der Waals surface area (Å²) in [5, 5.41) is 10.6. The molecule has 0 radical (unpaired) electrons. The third kappa shape index (κ3) is 3.65. The fourth-order valence-electron chi connectivity index (χ4n) is 4.18. The molecule has 0 aliphatic carbocycles. The Balaban J connectivity index is 1.44. The van der Waals surface area contributed by atoms with E-state index in [9.17, 15) is 4.79 Å². The van der Waals surface area contributed by atoms with Gasteiger partial charge in [0.15, 0.2) is 5.65 Å². The second-order valence-corrected chi connectivity index (χ2v) is 8.50. The number of fused-ring (bicyclic) bond motifs is 2. The summed E-state index contributed by atoms with van der Waals surface area (Å²) in [5.74, 6) is 1.91. The lowest BCUT2D eigenvalue weighted by atomic mass is 10.0. The number of hydrogen-bond acceptors (Lipinski definition) is 7.